The third-order valence-corrected chi connectivity index (χ3v) is 4.22. The topological polar surface area (TPSA) is 71.5 Å². The van der Waals surface area contributed by atoms with Crippen molar-refractivity contribution in [3.05, 3.63) is 23.4 Å². The number of esters is 1. The van der Waals surface area contributed by atoms with Gasteiger partial charge in [0.25, 0.3) is 0 Å². The van der Waals surface area contributed by atoms with Crippen LogP contribution in [0.4, 0.5) is 5.82 Å². The highest BCUT2D eigenvalue weighted by molar-refractivity contribution is 5.90. The third-order valence-electron chi connectivity index (χ3n) is 4.22. The maximum atomic E-state index is 12.0. The van der Waals surface area contributed by atoms with E-state index in [0.717, 1.165) is 44.7 Å². The molecule has 1 aliphatic heterocycles. The molecule has 1 N–H and O–H groups in total. The van der Waals surface area contributed by atoms with Crippen LogP contribution < -0.4 is 10.2 Å². The van der Waals surface area contributed by atoms with E-state index < -0.39 is 0 Å². The summed E-state index contributed by atoms with van der Waals surface area (Å²) >= 11 is 0. The molecule has 1 fully saturated rings. The van der Waals surface area contributed by atoms with Crippen LogP contribution in [0.25, 0.3) is 0 Å². The zero-order valence-electron chi connectivity index (χ0n) is 14.1. The molecule has 0 bridgehead atoms. The minimum atomic E-state index is -0.368. The molecule has 1 aromatic heterocycles. The van der Waals surface area contributed by atoms with Gasteiger partial charge in [0.1, 0.15) is 5.82 Å². The van der Waals surface area contributed by atoms with E-state index in [1.807, 2.05) is 6.07 Å². The van der Waals surface area contributed by atoms with Crippen LogP contribution >= 0.6 is 0 Å². The van der Waals surface area contributed by atoms with Crippen LogP contribution in [-0.4, -0.2) is 43.6 Å². The fourth-order valence-electron chi connectivity index (χ4n) is 2.81. The molecule has 126 valence electrons. The Balaban J connectivity index is 1.96. The zero-order valence-corrected chi connectivity index (χ0v) is 14.1. The van der Waals surface area contributed by atoms with Crippen molar-refractivity contribution < 1.29 is 14.3 Å². The lowest BCUT2D eigenvalue weighted by Gasteiger charge is -2.32. The Morgan fingerprint density at radius 1 is 1.35 bits per heavy atom. The van der Waals surface area contributed by atoms with Crippen molar-refractivity contribution in [1.82, 2.24) is 10.3 Å². The number of carbonyl (C=O) groups excluding carboxylic acids is 2. The normalized spacial score (nSPS) is 15.3. The first-order chi connectivity index (χ1) is 11.1. The number of ether oxygens (including phenoxy) is 1. The molecule has 2 rings (SSSR count). The number of aromatic nitrogens is 1. The van der Waals surface area contributed by atoms with Gasteiger partial charge in [0.2, 0.25) is 5.91 Å². The molecule has 0 radical (unpaired) electrons. The number of carbonyl (C=O) groups is 2. The van der Waals surface area contributed by atoms with Crippen molar-refractivity contribution in [2.75, 3.05) is 31.6 Å². The minimum absolute atomic E-state index is 0.0910. The van der Waals surface area contributed by atoms with Gasteiger partial charge < -0.3 is 15.0 Å². The van der Waals surface area contributed by atoms with Crippen molar-refractivity contribution >= 4 is 17.7 Å². The van der Waals surface area contributed by atoms with Gasteiger partial charge in [0.05, 0.1) is 18.4 Å². The standard InChI is InChI=1S/C17H25N3O3/c1-4-9-18-16(21)13-7-10-20(11-8-13)15-6-5-14(12(2)19-15)17(22)23-3/h5-6,13H,4,7-11H2,1-3H3,(H,18,21). The fourth-order valence-corrected chi connectivity index (χ4v) is 2.81. The molecular formula is C17H25N3O3. The van der Waals surface area contributed by atoms with Crippen molar-refractivity contribution in [3.63, 3.8) is 0 Å². The molecule has 0 aromatic carbocycles. The summed E-state index contributed by atoms with van der Waals surface area (Å²) in [5.41, 5.74) is 1.15. The zero-order chi connectivity index (χ0) is 16.8. The van der Waals surface area contributed by atoms with Gasteiger partial charge in [-0.05, 0) is 38.3 Å². The predicted molar refractivity (Wildman–Crippen MR) is 88.6 cm³/mol. The van der Waals surface area contributed by atoms with Crippen molar-refractivity contribution in [1.29, 1.82) is 0 Å². The summed E-state index contributed by atoms with van der Waals surface area (Å²) in [4.78, 5) is 30.3. The van der Waals surface area contributed by atoms with Crippen LogP contribution in [0.1, 0.15) is 42.2 Å². The van der Waals surface area contributed by atoms with Gasteiger partial charge in [-0.25, -0.2) is 9.78 Å². The monoisotopic (exact) mass is 319 g/mol. The molecule has 2 heterocycles. The molecule has 0 unspecified atom stereocenters. The first-order valence-corrected chi connectivity index (χ1v) is 8.15. The lowest BCUT2D eigenvalue weighted by Crippen LogP contribution is -2.41. The van der Waals surface area contributed by atoms with Crippen molar-refractivity contribution in [2.24, 2.45) is 5.92 Å². The largest absolute Gasteiger partial charge is 0.465 e. The van der Waals surface area contributed by atoms with Gasteiger partial charge in [-0.2, -0.15) is 0 Å². The van der Waals surface area contributed by atoms with E-state index >= 15 is 0 Å². The molecule has 23 heavy (non-hydrogen) atoms. The molecule has 0 atom stereocenters. The Morgan fingerprint density at radius 2 is 2.04 bits per heavy atom. The number of hydrogen-bond acceptors (Lipinski definition) is 5. The number of anilines is 1. The maximum Gasteiger partial charge on any atom is 0.339 e. The molecule has 0 aliphatic carbocycles. The smallest absolute Gasteiger partial charge is 0.339 e. The van der Waals surface area contributed by atoms with Gasteiger partial charge >= 0.3 is 5.97 Å². The van der Waals surface area contributed by atoms with Gasteiger partial charge in [-0.15, -0.1) is 0 Å². The minimum Gasteiger partial charge on any atom is -0.465 e. The summed E-state index contributed by atoms with van der Waals surface area (Å²) in [6.45, 7) is 6.20. The summed E-state index contributed by atoms with van der Waals surface area (Å²) < 4.78 is 4.74. The summed E-state index contributed by atoms with van der Waals surface area (Å²) in [6, 6.07) is 3.60. The van der Waals surface area contributed by atoms with E-state index in [4.69, 9.17) is 4.74 Å². The van der Waals surface area contributed by atoms with Crippen LogP contribution in [0.3, 0.4) is 0 Å². The molecule has 1 amide bonds. The molecule has 1 saturated heterocycles. The first kappa shape index (κ1) is 17.2. The second-order valence-electron chi connectivity index (χ2n) is 5.85. The van der Waals surface area contributed by atoms with E-state index in [1.54, 1.807) is 13.0 Å². The average molecular weight is 319 g/mol. The highest BCUT2D eigenvalue weighted by Crippen LogP contribution is 2.23. The SMILES string of the molecule is CCCNC(=O)C1CCN(c2ccc(C(=O)OC)c(C)n2)CC1. The first-order valence-electron chi connectivity index (χ1n) is 8.15. The van der Waals surface area contributed by atoms with Crippen LogP contribution in [0.2, 0.25) is 0 Å². The Morgan fingerprint density at radius 3 is 2.61 bits per heavy atom. The maximum absolute atomic E-state index is 12.0. The van der Waals surface area contributed by atoms with Crippen LogP contribution in [0.5, 0.6) is 0 Å². The average Bonchev–Trinajstić information content (AvgIpc) is 2.59. The molecular weight excluding hydrogens is 294 g/mol. The Labute approximate surface area is 137 Å². The highest BCUT2D eigenvalue weighted by atomic mass is 16.5. The highest BCUT2D eigenvalue weighted by Gasteiger charge is 2.25. The molecule has 0 spiro atoms. The quantitative estimate of drug-likeness (QED) is 0.840. The van der Waals surface area contributed by atoms with Crippen LogP contribution in [0.15, 0.2) is 12.1 Å². The van der Waals surface area contributed by atoms with Crippen molar-refractivity contribution in [3.8, 4) is 0 Å². The molecule has 6 nitrogen and oxygen atoms in total. The lowest BCUT2D eigenvalue weighted by atomic mass is 9.96. The molecule has 1 aromatic rings. The number of pyridine rings is 1. The number of amides is 1. The van der Waals surface area contributed by atoms with E-state index in [1.165, 1.54) is 7.11 Å². The van der Waals surface area contributed by atoms with E-state index in [0.29, 0.717) is 11.3 Å². The summed E-state index contributed by atoms with van der Waals surface area (Å²) in [5.74, 6) is 0.736. The van der Waals surface area contributed by atoms with E-state index in [-0.39, 0.29) is 17.8 Å². The third kappa shape index (κ3) is 4.21. The molecule has 0 saturated carbocycles. The van der Waals surface area contributed by atoms with E-state index in [2.05, 4.69) is 22.1 Å². The molecule has 6 heteroatoms. The lowest BCUT2D eigenvalue weighted by molar-refractivity contribution is -0.125. The number of aryl methyl sites for hydroxylation is 1. The predicted octanol–water partition coefficient (Wildman–Crippen LogP) is 1.92. The summed E-state index contributed by atoms with van der Waals surface area (Å²) in [5, 5.41) is 2.97. The second-order valence-corrected chi connectivity index (χ2v) is 5.85. The molecule has 1 aliphatic rings. The van der Waals surface area contributed by atoms with Gasteiger partial charge in [-0.3, -0.25) is 4.79 Å². The van der Waals surface area contributed by atoms with Gasteiger partial charge in [0, 0.05) is 25.6 Å². The Hall–Kier alpha value is -2.11. The van der Waals surface area contributed by atoms with Crippen LogP contribution in [0, 0.1) is 12.8 Å². The van der Waals surface area contributed by atoms with Gasteiger partial charge in [-0.1, -0.05) is 6.92 Å². The number of methoxy groups -OCH3 is 1. The Kier molecular flexibility index (Phi) is 5.96. The number of hydrogen-bond donors (Lipinski definition) is 1. The van der Waals surface area contributed by atoms with Crippen molar-refractivity contribution in [2.45, 2.75) is 33.1 Å². The number of rotatable bonds is 5. The number of piperidine rings is 1. The number of nitrogens with zero attached hydrogens (tertiary/aromatic N) is 2. The Bertz CT molecular complexity index is 566. The van der Waals surface area contributed by atoms with Crippen LogP contribution in [-0.2, 0) is 9.53 Å². The fraction of sp³-hybridized carbons (Fsp3) is 0.588. The summed E-state index contributed by atoms with van der Waals surface area (Å²) in [7, 11) is 1.37. The second kappa shape index (κ2) is 7.94. The summed E-state index contributed by atoms with van der Waals surface area (Å²) in [6.07, 6.45) is 2.62. The van der Waals surface area contributed by atoms with E-state index in [9.17, 15) is 9.59 Å². The van der Waals surface area contributed by atoms with Gasteiger partial charge in [0.15, 0.2) is 0 Å². The number of nitrogens with one attached hydrogen (secondary N) is 1.